The molecule has 1 fully saturated rings. The molecule has 1 rings (SSSR count). The number of carbonyl (C=O) groups excluding carboxylic acids is 1. The molecule has 0 aromatic carbocycles. The van der Waals surface area contributed by atoms with Crippen molar-refractivity contribution in [3.8, 4) is 0 Å². The van der Waals surface area contributed by atoms with Crippen LogP contribution >= 0.6 is 0 Å². The van der Waals surface area contributed by atoms with E-state index in [0.29, 0.717) is 12.6 Å². The molecule has 0 aliphatic carbocycles. The van der Waals surface area contributed by atoms with E-state index in [2.05, 4.69) is 0 Å². The van der Waals surface area contributed by atoms with Crippen LogP contribution in [0.2, 0.25) is 0 Å². The number of carbonyl (C=O) groups is 1. The fraction of sp³-hybridized carbons (Fsp3) is 0.875. The average Bonchev–Trinajstić information content (AvgIpc) is 2.65. The molecule has 1 heterocycles. The molecule has 11 heavy (non-hydrogen) atoms. The van der Waals surface area contributed by atoms with E-state index in [1.165, 1.54) is 0 Å². The van der Waals surface area contributed by atoms with Crippen molar-refractivity contribution in [3.05, 3.63) is 0 Å². The largest absolute Gasteiger partial charge is 0.462 e. The van der Waals surface area contributed by atoms with Crippen LogP contribution < -0.4 is 0 Å². The lowest BCUT2D eigenvalue weighted by molar-refractivity contribution is -0.140. The molecule has 0 saturated carbocycles. The molecule has 0 amide bonds. The molecule has 0 spiro atoms. The number of hydrogen-bond donors (Lipinski definition) is 0. The Morgan fingerprint density at radius 2 is 2.36 bits per heavy atom. The first kappa shape index (κ1) is 8.53. The second-order valence-electron chi connectivity index (χ2n) is 3.47. The highest BCUT2D eigenvalue weighted by molar-refractivity contribution is 5.38. The highest BCUT2D eigenvalue weighted by atomic mass is 16.6. The van der Waals surface area contributed by atoms with E-state index in [0.717, 1.165) is 19.4 Å². The van der Waals surface area contributed by atoms with Crippen molar-refractivity contribution in [2.24, 2.45) is 0 Å². The van der Waals surface area contributed by atoms with E-state index in [-0.39, 0.29) is 5.60 Å². The zero-order chi connectivity index (χ0) is 8.32. The van der Waals surface area contributed by atoms with Gasteiger partial charge in [0, 0.05) is 0 Å². The van der Waals surface area contributed by atoms with Gasteiger partial charge in [-0.3, -0.25) is 4.79 Å². The maximum absolute atomic E-state index is 10.0. The second kappa shape index (κ2) is 3.22. The third-order valence-corrected chi connectivity index (χ3v) is 1.84. The third-order valence-electron chi connectivity index (χ3n) is 1.84. The van der Waals surface area contributed by atoms with Gasteiger partial charge in [0.1, 0.15) is 5.60 Å². The van der Waals surface area contributed by atoms with Crippen LogP contribution in [0.25, 0.3) is 0 Å². The van der Waals surface area contributed by atoms with Crippen LogP contribution in [0.4, 0.5) is 0 Å². The Balaban J connectivity index is 2.14. The van der Waals surface area contributed by atoms with Gasteiger partial charge < -0.3 is 9.47 Å². The molecular formula is C8H14O3. The van der Waals surface area contributed by atoms with Gasteiger partial charge in [-0.15, -0.1) is 0 Å². The van der Waals surface area contributed by atoms with Crippen molar-refractivity contribution < 1.29 is 14.3 Å². The number of rotatable bonds is 5. The average molecular weight is 158 g/mol. The molecule has 3 nitrogen and oxygen atoms in total. The lowest BCUT2D eigenvalue weighted by Crippen LogP contribution is -2.24. The minimum atomic E-state index is -0.326. The predicted molar refractivity (Wildman–Crippen MR) is 40.2 cm³/mol. The molecule has 0 N–H and O–H groups in total. The monoisotopic (exact) mass is 158 g/mol. The van der Waals surface area contributed by atoms with Crippen molar-refractivity contribution in [1.82, 2.24) is 0 Å². The Hall–Kier alpha value is -0.570. The minimum absolute atomic E-state index is 0.326. The van der Waals surface area contributed by atoms with Gasteiger partial charge in [0.05, 0.1) is 12.7 Å². The first-order valence-electron chi connectivity index (χ1n) is 3.87. The summed E-state index contributed by atoms with van der Waals surface area (Å²) >= 11 is 0. The standard InChI is InChI=1S/C8H14O3/c1-8(2,11-6-9)4-3-7-5-10-7/h6-7H,3-5H2,1-2H3. The van der Waals surface area contributed by atoms with Crippen LogP contribution in [0.15, 0.2) is 0 Å². The summed E-state index contributed by atoms with van der Waals surface area (Å²) < 4.78 is 9.91. The van der Waals surface area contributed by atoms with Crippen LogP contribution in [-0.4, -0.2) is 24.8 Å². The van der Waals surface area contributed by atoms with Crippen LogP contribution in [0.5, 0.6) is 0 Å². The first-order valence-corrected chi connectivity index (χ1v) is 3.87. The van der Waals surface area contributed by atoms with Crippen LogP contribution in [0.1, 0.15) is 26.7 Å². The molecule has 1 aliphatic heterocycles. The van der Waals surface area contributed by atoms with Gasteiger partial charge in [-0.25, -0.2) is 0 Å². The van der Waals surface area contributed by atoms with E-state index in [1.54, 1.807) is 0 Å². The topological polar surface area (TPSA) is 38.8 Å². The van der Waals surface area contributed by atoms with Gasteiger partial charge in [-0.05, 0) is 26.7 Å². The summed E-state index contributed by atoms with van der Waals surface area (Å²) in [5.41, 5.74) is -0.326. The van der Waals surface area contributed by atoms with E-state index in [4.69, 9.17) is 9.47 Å². The van der Waals surface area contributed by atoms with E-state index >= 15 is 0 Å². The molecule has 1 saturated heterocycles. The quantitative estimate of drug-likeness (QED) is 0.444. The fourth-order valence-corrected chi connectivity index (χ4v) is 0.932. The Kier molecular flexibility index (Phi) is 2.49. The molecule has 0 aromatic heterocycles. The lowest BCUT2D eigenvalue weighted by atomic mass is 10.0. The molecule has 1 aliphatic rings. The summed E-state index contributed by atoms with van der Waals surface area (Å²) in [6, 6.07) is 0. The molecule has 1 unspecified atom stereocenters. The Morgan fingerprint density at radius 1 is 1.73 bits per heavy atom. The van der Waals surface area contributed by atoms with Gasteiger partial charge in [0.15, 0.2) is 0 Å². The van der Waals surface area contributed by atoms with Crippen molar-refractivity contribution in [1.29, 1.82) is 0 Å². The summed E-state index contributed by atoms with van der Waals surface area (Å²) in [6.45, 7) is 5.19. The Labute approximate surface area is 66.7 Å². The Morgan fingerprint density at radius 3 is 2.82 bits per heavy atom. The number of epoxide rings is 1. The highest BCUT2D eigenvalue weighted by Gasteiger charge is 2.27. The molecule has 0 radical (unpaired) electrons. The fourth-order valence-electron chi connectivity index (χ4n) is 0.932. The second-order valence-corrected chi connectivity index (χ2v) is 3.47. The van der Waals surface area contributed by atoms with Gasteiger partial charge in [-0.2, -0.15) is 0 Å². The van der Waals surface area contributed by atoms with Crippen molar-refractivity contribution in [2.45, 2.75) is 38.4 Å². The van der Waals surface area contributed by atoms with Gasteiger partial charge in [-0.1, -0.05) is 0 Å². The summed E-state index contributed by atoms with van der Waals surface area (Å²) in [4.78, 5) is 10.0. The molecule has 1 atom stereocenters. The smallest absolute Gasteiger partial charge is 0.293 e. The van der Waals surface area contributed by atoms with Crippen LogP contribution in [-0.2, 0) is 14.3 Å². The normalized spacial score (nSPS) is 22.9. The highest BCUT2D eigenvalue weighted by Crippen LogP contribution is 2.22. The number of ether oxygens (including phenoxy) is 2. The zero-order valence-corrected chi connectivity index (χ0v) is 7.00. The number of hydrogen-bond acceptors (Lipinski definition) is 3. The third kappa shape index (κ3) is 3.37. The van der Waals surface area contributed by atoms with Gasteiger partial charge >= 0.3 is 0 Å². The van der Waals surface area contributed by atoms with E-state index in [1.807, 2.05) is 13.8 Å². The summed E-state index contributed by atoms with van der Waals surface area (Å²) in [5, 5.41) is 0. The lowest BCUT2D eigenvalue weighted by Gasteiger charge is -2.21. The van der Waals surface area contributed by atoms with Crippen LogP contribution in [0, 0.1) is 0 Å². The summed E-state index contributed by atoms with van der Waals surface area (Å²) in [7, 11) is 0. The maximum Gasteiger partial charge on any atom is 0.293 e. The zero-order valence-electron chi connectivity index (χ0n) is 7.00. The predicted octanol–water partition coefficient (Wildman–Crippen LogP) is 1.12. The van der Waals surface area contributed by atoms with Gasteiger partial charge in [0.2, 0.25) is 0 Å². The molecule has 3 heteroatoms. The van der Waals surface area contributed by atoms with Crippen molar-refractivity contribution >= 4 is 6.47 Å². The van der Waals surface area contributed by atoms with E-state index < -0.39 is 0 Å². The van der Waals surface area contributed by atoms with Gasteiger partial charge in [0.25, 0.3) is 6.47 Å². The maximum atomic E-state index is 10.0. The molecule has 0 bridgehead atoms. The Bertz CT molecular complexity index is 138. The minimum Gasteiger partial charge on any atom is -0.462 e. The molecule has 64 valence electrons. The summed E-state index contributed by atoms with van der Waals surface area (Å²) in [6.07, 6.45) is 2.28. The first-order chi connectivity index (χ1) is 5.14. The van der Waals surface area contributed by atoms with E-state index in [9.17, 15) is 4.79 Å². The van der Waals surface area contributed by atoms with Crippen LogP contribution in [0.3, 0.4) is 0 Å². The molecular weight excluding hydrogens is 144 g/mol. The SMILES string of the molecule is CC(C)(CCC1CO1)OC=O. The summed E-state index contributed by atoms with van der Waals surface area (Å²) in [5.74, 6) is 0. The molecule has 0 aromatic rings. The van der Waals surface area contributed by atoms with Crippen molar-refractivity contribution in [3.63, 3.8) is 0 Å². The van der Waals surface area contributed by atoms with Crippen molar-refractivity contribution in [2.75, 3.05) is 6.61 Å².